The van der Waals surface area contributed by atoms with Gasteiger partial charge in [0.05, 0.1) is 18.0 Å². The summed E-state index contributed by atoms with van der Waals surface area (Å²) in [6, 6.07) is 1.98. The molecule has 148 valence electrons. The lowest BCUT2D eigenvalue weighted by molar-refractivity contribution is -0.174. The Morgan fingerprint density at radius 3 is 2.82 bits per heavy atom. The van der Waals surface area contributed by atoms with E-state index in [0.717, 1.165) is 15.3 Å². The molecule has 3 aromatic rings. The van der Waals surface area contributed by atoms with Crippen LogP contribution in [0.3, 0.4) is 0 Å². The molecule has 0 radical (unpaired) electrons. The highest BCUT2D eigenvalue weighted by Gasteiger charge is 2.47. The van der Waals surface area contributed by atoms with E-state index < -0.39 is 24.2 Å². The first kappa shape index (κ1) is 18.5. The van der Waals surface area contributed by atoms with Gasteiger partial charge in [-0.05, 0) is 26.0 Å². The summed E-state index contributed by atoms with van der Waals surface area (Å²) in [5.41, 5.74) is 0.659. The van der Waals surface area contributed by atoms with Crippen LogP contribution in [0.15, 0.2) is 28.9 Å². The van der Waals surface area contributed by atoms with Gasteiger partial charge in [0, 0.05) is 17.4 Å². The van der Waals surface area contributed by atoms with Crippen molar-refractivity contribution < 1.29 is 22.4 Å². The molecule has 0 saturated heterocycles. The van der Waals surface area contributed by atoms with E-state index in [9.17, 15) is 18.0 Å². The van der Waals surface area contributed by atoms with Gasteiger partial charge in [-0.1, -0.05) is 0 Å². The number of nitrogens with one attached hydrogen (secondary N) is 2. The topological polar surface area (TPSA) is 85.0 Å². The maximum atomic E-state index is 13.6. The normalized spacial score (nSPS) is 19.2. The zero-order valence-corrected chi connectivity index (χ0v) is 15.7. The number of hydrogen-bond donors (Lipinski definition) is 2. The zero-order valence-electron chi connectivity index (χ0n) is 14.9. The fourth-order valence-electron chi connectivity index (χ4n) is 3.05. The van der Waals surface area contributed by atoms with Crippen molar-refractivity contribution >= 4 is 28.2 Å². The zero-order chi connectivity index (χ0) is 20.1. The molecule has 0 fully saturated rings. The third kappa shape index (κ3) is 3.37. The number of anilines is 2. The first-order valence-electron chi connectivity index (χ1n) is 8.44. The van der Waals surface area contributed by atoms with Crippen molar-refractivity contribution in [3.63, 3.8) is 0 Å². The molecule has 1 aliphatic rings. The highest BCUT2D eigenvalue weighted by molar-refractivity contribution is 7.15. The summed E-state index contributed by atoms with van der Waals surface area (Å²) in [7, 11) is 0. The predicted octanol–water partition coefficient (Wildman–Crippen LogP) is 4.46. The van der Waals surface area contributed by atoms with Gasteiger partial charge in [-0.2, -0.15) is 18.3 Å². The molecule has 0 aromatic carbocycles. The highest BCUT2D eigenvalue weighted by atomic mass is 32.1. The van der Waals surface area contributed by atoms with Gasteiger partial charge in [-0.25, -0.2) is 9.67 Å². The summed E-state index contributed by atoms with van der Waals surface area (Å²) in [4.78, 5) is 17.6. The van der Waals surface area contributed by atoms with Crippen LogP contribution in [0.1, 0.15) is 45.3 Å². The third-order valence-electron chi connectivity index (χ3n) is 4.56. The van der Waals surface area contributed by atoms with E-state index in [1.54, 1.807) is 12.1 Å². The van der Waals surface area contributed by atoms with Crippen LogP contribution in [-0.2, 0) is 0 Å². The van der Waals surface area contributed by atoms with Crippen molar-refractivity contribution in [2.75, 3.05) is 10.6 Å². The number of rotatable bonds is 3. The Morgan fingerprint density at radius 2 is 2.21 bits per heavy atom. The molecule has 4 heterocycles. The van der Waals surface area contributed by atoms with Crippen LogP contribution in [0, 0.1) is 13.8 Å². The first-order valence-corrected chi connectivity index (χ1v) is 9.25. The third-order valence-corrected chi connectivity index (χ3v) is 5.55. The van der Waals surface area contributed by atoms with Crippen LogP contribution in [0.2, 0.25) is 0 Å². The van der Waals surface area contributed by atoms with E-state index in [0.29, 0.717) is 10.9 Å². The van der Waals surface area contributed by atoms with Crippen LogP contribution >= 0.6 is 11.3 Å². The van der Waals surface area contributed by atoms with Gasteiger partial charge < -0.3 is 9.73 Å². The van der Waals surface area contributed by atoms with Gasteiger partial charge in [0.2, 0.25) is 0 Å². The van der Waals surface area contributed by atoms with Crippen LogP contribution in [0.5, 0.6) is 0 Å². The largest absolute Gasteiger partial charge is 0.467 e. The van der Waals surface area contributed by atoms with Gasteiger partial charge in [-0.3, -0.25) is 10.1 Å². The minimum atomic E-state index is -4.52. The second-order valence-electron chi connectivity index (χ2n) is 6.48. The lowest BCUT2D eigenvalue weighted by Crippen LogP contribution is -2.35. The molecule has 0 unspecified atom stereocenters. The van der Waals surface area contributed by atoms with Crippen LogP contribution in [0.4, 0.5) is 24.1 Å². The Balaban J connectivity index is 1.63. The number of thiazole rings is 1. The van der Waals surface area contributed by atoms with Crippen LogP contribution < -0.4 is 10.6 Å². The molecular weight excluding hydrogens is 395 g/mol. The number of hydrogen-bond acceptors (Lipinski definition) is 6. The van der Waals surface area contributed by atoms with E-state index in [1.165, 1.54) is 23.7 Å². The van der Waals surface area contributed by atoms with E-state index in [2.05, 4.69) is 20.7 Å². The highest BCUT2D eigenvalue weighted by Crippen LogP contribution is 2.43. The van der Waals surface area contributed by atoms with Gasteiger partial charge in [0.25, 0.3) is 5.91 Å². The van der Waals surface area contributed by atoms with Crippen molar-refractivity contribution in [3.8, 4) is 0 Å². The molecule has 28 heavy (non-hydrogen) atoms. The molecule has 4 rings (SSSR count). The average molecular weight is 411 g/mol. The molecule has 7 nitrogen and oxygen atoms in total. The Hall–Kier alpha value is -2.82. The summed E-state index contributed by atoms with van der Waals surface area (Å²) in [5, 5.41) is 9.84. The van der Waals surface area contributed by atoms with E-state index in [-0.39, 0.29) is 17.9 Å². The molecule has 0 aliphatic carbocycles. The van der Waals surface area contributed by atoms with Crippen LogP contribution in [0.25, 0.3) is 0 Å². The number of amides is 1. The number of carbonyl (C=O) groups is 1. The van der Waals surface area contributed by atoms with Crippen molar-refractivity contribution in [1.82, 2.24) is 14.8 Å². The quantitative estimate of drug-likeness (QED) is 0.665. The Kier molecular flexibility index (Phi) is 4.41. The fraction of sp³-hybridized carbons (Fsp3) is 0.353. The summed E-state index contributed by atoms with van der Waals surface area (Å²) in [6.07, 6.45) is -3.41. The van der Waals surface area contributed by atoms with E-state index in [4.69, 9.17) is 4.42 Å². The Bertz CT molecular complexity index is 989. The van der Waals surface area contributed by atoms with Gasteiger partial charge in [-0.15, -0.1) is 11.3 Å². The molecule has 0 bridgehead atoms. The summed E-state index contributed by atoms with van der Waals surface area (Å²) in [5.74, 6) is -0.124. The molecule has 1 aliphatic heterocycles. The number of carbonyl (C=O) groups excluding carboxylic acids is 1. The van der Waals surface area contributed by atoms with Crippen molar-refractivity contribution in [1.29, 1.82) is 0 Å². The molecule has 11 heteroatoms. The van der Waals surface area contributed by atoms with Crippen LogP contribution in [-0.4, -0.2) is 26.8 Å². The molecule has 0 saturated carbocycles. The monoisotopic (exact) mass is 411 g/mol. The maximum Gasteiger partial charge on any atom is 0.410 e. The van der Waals surface area contributed by atoms with Crippen molar-refractivity contribution in [2.45, 2.75) is 38.5 Å². The second kappa shape index (κ2) is 6.66. The average Bonchev–Trinajstić information content (AvgIpc) is 3.33. The number of alkyl halides is 3. The molecular formula is C17H16F3N5O2S. The lowest BCUT2D eigenvalue weighted by Gasteiger charge is -2.32. The minimum Gasteiger partial charge on any atom is -0.467 e. The molecule has 1 amide bonds. The maximum absolute atomic E-state index is 13.6. The number of fused-ring (bicyclic) bond motifs is 1. The molecule has 0 spiro atoms. The number of nitrogens with zero attached hydrogens (tertiary/aromatic N) is 3. The number of aromatic nitrogens is 3. The number of halogens is 3. The first-order chi connectivity index (χ1) is 13.2. The predicted molar refractivity (Wildman–Crippen MR) is 96.5 cm³/mol. The lowest BCUT2D eigenvalue weighted by atomic mass is 10.0. The standard InChI is InChI=1S/C17H16F3N5O2S/c1-8-9(2)28-16(21-8)23-15(26)11-7-14-22-10(12-4-3-5-27-12)6-13(17(18,19)20)25(14)24-11/h3-5,7,10,13,22H,6H2,1-2H3,(H,21,23,26)/t10-,13+/m0/s1. The molecule has 2 atom stereocenters. The fourth-order valence-corrected chi connectivity index (χ4v) is 3.86. The minimum absolute atomic E-state index is 0.103. The van der Waals surface area contributed by atoms with Gasteiger partial charge in [0.15, 0.2) is 16.9 Å². The Labute approximate surface area is 161 Å². The van der Waals surface area contributed by atoms with E-state index in [1.807, 2.05) is 13.8 Å². The molecule has 3 aromatic heterocycles. The van der Waals surface area contributed by atoms with Gasteiger partial charge >= 0.3 is 6.18 Å². The Morgan fingerprint density at radius 1 is 1.43 bits per heavy atom. The van der Waals surface area contributed by atoms with Crippen molar-refractivity contribution in [2.24, 2.45) is 0 Å². The SMILES string of the molecule is Cc1nc(NC(=O)c2cc3n(n2)[C@@H](C(F)(F)F)C[C@@H](c2ccco2)N3)sc1C. The number of aryl methyl sites for hydroxylation is 2. The second-order valence-corrected chi connectivity index (χ2v) is 7.68. The van der Waals surface area contributed by atoms with Gasteiger partial charge in [0.1, 0.15) is 11.6 Å². The molecule has 2 N–H and O–H groups in total. The summed E-state index contributed by atoms with van der Waals surface area (Å²) in [6.45, 7) is 3.67. The van der Waals surface area contributed by atoms with Crippen molar-refractivity contribution in [3.05, 3.63) is 46.5 Å². The van der Waals surface area contributed by atoms with E-state index >= 15 is 0 Å². The number of furan rings is 1. The smallest absolute Gasteiger partial charge is 0.410 e. The summed E-state index contributed by atoms with van der Waals surface area (Å²) >= 11 is 1.29. The summed E-state index contributed by atoms with van der Waals surface area (Å²) < 4.78 is 46.9.